The van der Waals surface area contributed by atoms with Gasteiger partial charge in [0, 0.05) is 12.0 Å². The number of nitrogens with zero attached hydrogens (tertiary/aromatic N) is 4. The van der Waals surface area contributed by atoms with E-state index in [0.717, 1.165) is 16.9 Å². The third kappa shape index (κ3) is 1.71. The molecule has 0 amide bonds. The van der Waals surface area contributed by atoms with Gasteiger partial charge in [-0.1, -0.05) is 18.0 Å². The van der Waals surface area contributed by atoms with Gasteiger partial charge in [-0.2, -0.15) is 5.10 Å². The highest BCUT2D eigenvalue weighted by Crippen LogP contribution is 2.36. The SMILES string of the molecule is CC(C)n1ncc2c(Cl)nc(C3CCC3)nc21. The molecule has 2 aromatic rings. The Labute approximate surface area is 105 Å². The zero-order chi connectivity index (χ0) is 12.0. The highest BCUT2D eigenvalue weighted by atomic mass is 35.5. The highest BCUT2D eigenvalue weighted by Gasteiger charge is 2.24. The molecule has 0 aromatic carbocycles. The Balaban J connectivity index is 2.17. The fourth-order valence-corrected chi connectivity index (χ4v) is 2.35. The van der Waals surface area contributed by atoms with Crippen molar-refractivity contribution in [3.8, 4) is 0 Å². The number of hydrogen-bond donors (Lipinski definition) is 0. The molecule has 0 aliphatic heterocycles. The van der Waals surface area contributed by atoms with Gasteiger partial charge in [0.05, 0.1) is 11.6 Å². The van der Waals surface area contributed by atoms with Gasteiger partial charge in [0.25, 0.3) is 0 Å². The Morgan fingerprint density at radius 3 is 2.71 bits per heavy atom. The van der Waals surface area contributed by atoms with Gasteiger partial charge in [-0.3, -0.25) is 0 Å². The van der Waals surface area contributed by atoms with E-state index in [-0.39, 0.29) is 6.04 Å². The van der Waals surface area contributed by atoms with Gasteiger partial charge < -0.3 is 0 Å². The first-order chi connectivity index (χ1) is 8.16. The summed E-state index contributed by atoms with van der Waals surface area (Å²) in [5.41, 5.74) is 0.863. The minimum atomic E-state index is 0.285. The van der Waals surface area contributed by atoms with E-state index in [1.54, 1.807) is 6.20 Å². The van der Waals surface area contributed by atoms with E-state index in [9.17, 15) is 0 Å². The van der Waals surface area contributed by atoms with E-state index in [1.807, 2.05) is 4.68 Å². The summed E-state index contributed by atoms with van der Waals surface area (Å²) in [5, 5.41) is 5.71. The number of hydrogen-bond acceptors (Lipinski definition) is 3. The molecule has 0 radical (unpaired) electrons. The normalized spacial score (nSPS) is 16.7. The lowest BCUT2D eigenvalue weighted by molar-refractivity contribution is 0.401. The molecule has 0 N–H and O–H groups in total. The van der Waals surface area contributed by atoms with Crippen LogP contribution in [0.4, 0.5) is 0 Å². The second-order valence-electron chi connectivity index (χ2n) is 4.92. The summed E-state index contributed by atoms with van der Waals surface area (Å²) >= 11 is 6.20. The van der Waals surface area contributed by atoms with Crippen molar-refractivity contribution in [2.24, 2.45) is 0 Å². The summed E-state index contributed by atoms with van der Waals surface area (Å²) in [6.07, 6.45) is 5.38. The quantitative estimate of drug-likeness (QED) is 0.768. The van der Waals surface area contributed by atoms with Crippen molar-refractivity contribution in [3.05, 3.63) is 17.2 Å². The molecule has 3 rings (SSSR count). The van der Waals surface area contributed by atoms with Crippen LogP contribution in [0.25, 0.3) is 11.0 Å². The lowest BCUT2D eigenvalue weighted by Gasteiger charge is -2.23. The first-order valence-electron chi connectivity index (χ1n) is 6.07. The van der Waals surface area contributed by atoms with Crippen LogP contribution in [0.2, 0.25) is 5.15 Å². The summed E-state index contributed by atoms with van der Waals surface area (Å²) in [5.74, 6) is 1.38. The van der Waals surface area contributed by atoms with Crippen LogP contribution in [0.3, 0.4) is 0 Å². The fraction of sp³-hybridized carbons (Fsp3) is 0.583. The molecule has 5 heteroatoms. The van der Waals surface area contributed by atoms with Crippen LogP contribution in [0, 0.1) is 0 Å². The van der Waals surface area contributed by atoms with E-state index < -0.39 is 0 Å². The van der Waals surface area contributed by atoms with Crippen molar-refractivity contribution in [1.29, 1.82) is 0 Å². The second kappa shape index (κ2) is 3.95. The predicted octanol–water partition coefficient (Wildman–Crippen LogP) is 3.33. The summed E-state index contributed by atoms with van der Waals surface area (Å²) in [6, 6.07) is 0.285. The Hall–Kier alpha value is -1.16. The van der Waals surface area contributed by atoms with E-state index >= 15 is 0 Å². The first-order valence-corrected chi connectivity index (χ1v) is 6.45. The molecule has 2 heterocycles. The molecule has 17 heavy (non-hydrogen) atoms. The van der Waals surface area contributed by atoms with E-state index in [1.165, 1.54) is 19.3 Å². The van der Waals surface area contributed by atoms with E-state index in [4.69, 9.17) is 11.6 Å². The van der Waals surface area contributed by atoms with Crippen LogP contribution in [-0.4, -0.2) is 19.7 Å². The van der Waals surface area contributed by atoms with Crippen molar-refractivity contribution in [2.75, 3.05) is 0 Å². The second-order valence-corrected chi connectivity index (χ2v) is 5.28. The van der Waals surface area contributed by atoms with Crippen LogP contribution in [0.5, 0.6) is 0 Å². The van der Waals surface area contributed by atoms with Crippen molar-refractivity contribution < 1.29 is 0 Å². The monoisotopic (exact) mass is 250 g/mol. The number of fused-ring (bicyclic) bond motifs is 1. The van der Waals surface area contributed by atoms with Crippen LogP contribution in [0.1, 0.15) is 50.9 Å². The molecule has 1 saturated carbocycles. The molecule has 0 unspecified atom stereocenters. The maximum absolute atomic E-state index is 6.20. The smallest absolute Gasteiger partial charge is 0.163 e. The molecule has 1 fully saturated rings. The molecule has 90 valence electrons. The van der Waals surface area contributed by atoms with Crippen LogP contribution in [0.15, 0.2) is 6.20 Å². The predicted molar refractivity (Wildman–Crippen MR) is 67.3 cm³/mol. The minimum Gasteiger partial charge on any atom is -0.245 e. The van der Waals surface area contributed by atoms with Gasteiger partial charge in [0.2, 0.25) is 0 Å². The standard InChI is InChI=1S/C12H15ClN4/c1-7(2)17-12-9(6-14-17)10(13)15-11(16-12)8-4-3-5-8/h6-8H,3-5H2,1-2H3. The Morgan fingerprint density at radius 1 is 1.35 bits per heavy atom. The van der Waals surface area contributed by atoms with Gasteiger partial charge in [-0.15, -0.1) is 0 Å². The molecule has 0 spiro atoms. The van der Waals surface area contributed by atoms with Gasteiger partial charge in [0.1, 0.15) is 11.0 Å². The zero-order valence-corrected chi connectivity index (χ0v) is 10.8. The number of rotatable bonds is 2. The Bertz CT molecular complexity index is 557. The van der Waals surface area contributed by atoms with Crippen molar-refractivity contribution >= 4 is 22.6 Å². The summed E-state index contributed by atoms with van der Waals surface area (Å²) < 4.78 is 1.91. The molecule has 0 bridgehead atoms. The van der Waals surface area contributed by atoms with Gasteiger partial charge in [-0.25, -0.2) is 14.6 Å². The lowest BCUT2D eigenvalue weighted by Crippen LogP contribution is -2.14. The summed E-state index contributed by atoms with van der Waals surface area (Å²) in [7, 11) is 0. The minimum absolute atomic E-state index is 0.285. The van der Waals surface area contributed by atoms with E-state index in [0.29, 0.717) is 11.1 Å². The molecule has 1 aliphatic carbocycles. The molecule has 1 aliphatic rings. The molecular weight excluding hydrogens is 236 g/mol. The highest BCUT2D eigenvalue weighted by molar-refractivity contribution is 6.33. The Morgan fingerprint density at radius 2 is 2.12 bits per heavy atom. The third-order valence-electron chi connectivity index (χ3n) is 3.38. The maximum atomic E-state index is 6.20. The molecular formula is C12H15ClN4. The lowest BCUT2D eigenvalue weighted by atomic mass is 9.85. The Kier molecular flexibility index (Phi) is 2.54. The summed E-state index contributed by atoms with van der Waals surface area (Å²) in [6.45, 7) is 4.18. The van der Waals surface area contributed by atoms with E-state index in [2.05, 4.69) is 28.9 Å². The third-order valence-corrected chi connectivity index (χ3v) is 3.67. The average molecular weight is 251 g/mol. The van der Waals surface area contributed by atoms with Crippen molar-refractivity contribution in [1.82, 2.24) is 19.7 Å². The van der Waals surface area contributed by atoms with Crippen molar-refractivity contribution in [3.63, 3.8) is 0 Å². The molecule has 0 saturated heterocycles. The van der Waals surface area contributed by atoms with Gasteiger partial charge in [0.15, 0.2) is 5.65 Å². The topological polar surface area (TPSA) is 43.6 Å². The number of aromatic nitrogens is 4. The van der Waals surface area contributed by atoms with Gasteiger partial charge in [-0.05, 0) is 26.7 Å². The number of halogens is 1. The molecule has 0 atom stereocenters. The first kappa shape index (κ1) is 11.0. The van der Waals surface area contributed by atoms with Crippen LogP contribution >= 0.6 is 11.6 Å². The maximum Gasteiger partial charge on any atom is 0.163 e. The van der Waals surface area contributed by atoms with Crippen LogP contribution < -0.4 is 0 Å². The summed E-state index contributed by atoms with van der Waals surface area (Å²) in [4.78, 5) is 9.04. The van der Waals surface area contributed by atoms with Gasteiger partial charge >= 0.3 is 0 Å². The average Bonchev–Trinajstić information content (AvgIpc) is 2.58. The van der Waals surface area contributed by atoms with Crippen LogP contribution in [-0.2, 0) is 0 Å². The zero-order valence-electron chi connectivity index (χ0n) is 10.0. The molecule has 4 nitrogen and oxygen atoms in total. The largest absolute Gasteiger partial charge is 0.245 e. The fourth-order valence-electron chi connectivity index (χ4n) is 2.13. The molecule has 2 aromatic heterocycles. The van der Waals surface area contributed by atoms with Crippen molar-refractivity contribution in [2.45, 2.75) is 45.1 Å².